The molecule has 1 aromatic heterocycles. The molecule has 0 radical (unpaired) electrons. The Morgan fingerprint density at radius 3 is 2.76 bits per heavy atom. The van der Waals surface area contributed by atoms with E-state index in [1.54, 1.807) is 30.5 Å². The minimum atomic E-state index is -3.81. The first kappa shape index (κ1) is 16.6. The number of rotatable bonds is 3. The number of H-pyrrole nitrogens is 1. The van der Waals surface area contributed by atoms with Crippen LogP contribution in [-0.2, 0) is 10.0 Å². The van der Waals surface area contributed by atoms with Crippen molar-refractivity contribution in [3.63, 3.8) is 0 Å². The Labute approximate surface area is 145 Å². The molecule has 0 spiro atoms. The molecule has 1 aliphatic rings. The third kappa shape index (κ3) is 3.06. The van der Waals surface area contributed by atoms with Gasteiger partial charge in [-0.05, 0) is 30.7 Å². The Bertz CT molecular complexity index is 1140. The van der Waals surface area contributed by atoms with Crippen LogP contribution in [0.1, 0.15) is 17.5 Å². The van der Waals surface area contributed by atoms with Crippen LogP contribution in [0.2, 0.25) is 0 Å². The lowest BCUT2D eigenvalue weighted by Crippen LogP contribution is -2.14. The van der Waals surface area contributed by atoms with Crippen molar-refractivity contribution in [3.8, 4) is 12.1 Å². The van der Waals surface area contributed by atoms with Crippen LogP contribution in [0.15, 0.2) is 53.1 Å². The molecule has 3 rings (SSSR count). The fourth-order valence-corrected chi connectivity index (χ4v) is 3.82. The molecule has 2 N–H and O–H groups in total. The standard InChI is InChI=1S/C18H14N4O2S/c1-12-5-8-16(18-17(12)14(10-20)11-21-18)22-25(23,24)15-4-2-3-13(9-19)6-7-15/h2-5,7-8,11,21-22H,6H2,1H3. The van der Waals surface area contributed by atoms with Crippen molar-refractivity contribution in [3.05, 3.63) is 64.2 Å². The summed E-state index contributed by atoms with van der Waals surface area (Å²) in [5.74, 6) is 0. The number of nitriles is 2. The Balaban J connectivity index is 2.01. The van der Waals surface area contributed by atoms with Gasteiger partial charge in [0.2, 0.25) is 0 Å². The molecule has 1 heterocycles. The van der Waals surface area contributed by atoms with Gasteiger partial charge in [-0.15, -0.1) is 0 Å². The Kier molecular flexibility index (Phi) is 4.18. The highest BCUT2D eigenvalue weighted by Crippen LogP contribution is 2.30. The van der Waals surface area contributed by atoms with Crippen molar-refractivity contribution in [2.24, 2.45) is 0 Å². The van der Waals surface area contributed by atoms with Crippen LogP contribution in [0.5, 0.6) is 0 Å². The van der Waals surface area contributed by atoms with Gasteiger partial charge in [0.15, 0.2) is 0 Å². The predicted octanol–water partition coefficient (Wildman–Crippen LogP) is 3.38. The topological polar surface area (TPSA) is 110 Å². The van der Waals surface area contributed by atoms with Crippen LogP contribution < -0.4 is 4.72 Å². The maximum Gasteiger partial charge on any atom is 0.261 e. The molecular formula is C18H14N4O2S. The number of aromatic amines is 1. The number of benzene rings is 1. The molecule has 25 heavy (non-hydrogen) atoms. The van der Waals surface area contributed by atoms with Crippen molar-refractivity contribution in [1.29, 1.82) is 10.5 Å². The van der Waals surface area contributed by atoms with E-state index in [0.29, 0.717) is 27.7 Å². The van der Waals surface area contributed by atoms with Crippen LogP contribution >= 0.6 is 0 Å². The highest BCUT2D eigenvalue weighted by molar-refractivity contribution is 7.96. The molecule has 0 bridgehead atoms. The predicted molar refractivity (Wildman–Crippen MR) is 95.8 cm³/mol. The number of nitrogens with one attached hydrogen (secondary N) is 2. The molecule has 0 fully saturated rings. The summed E-state index contributed by atoms with van der Waals surface area (Å²) >= 11 is 0. The second-order valence-corrected chi connectivity index (χ2v) is 7.26. The minimum Gasteiger partial charge on any atom is -0.358 e. The van der Waals surface area contributed by atoms with Crippen molar-refractivity contribution >= 4 is 26.6 Å². The molecular weight excluding hydrogens is 336 g/mol. The molecule has 0 saturated heterocycles. The van der Waals surface area contributed by atoms with Crippen LogP contribution in [0.4, 0.5) is 5.69 Å². The van der Waals surface area contributed by atoms with Gasteiger partial charge in [0, 0.05) is 23.6 Å². The first-order valence-corrected chi connectivity index (χ1v) is 8.95. The fourth-order valence-electron chi connectivity index (χ4n) is 2.69. The summed E-state index contributed by atoms with van der Waals surface area (Å²) in [7, 11) is -3.81. The molecule has 6 nitrogen and oxygen atoms in total. The smallest absolute Gasteiger partial charge is 0.261 e. The number of hydrogen-bond acceptors (Lipinski definition) is 4. The lowest BCUT2D eigenvalue weighted by molar-refractivity contribution is 0.607. The third-order valence-corrected chi connectivity index (χ3v) is 5.36. The summed E-state index contributed by atoms with van der Waals surface area (Å²) in [6.45, 7) is 1.86. The zero-order chi connectivity index (χ0) is 18.0. The van der Waals surface area contributed by atoms with Gasteiger partial charge in [-0.1, -0.05) is 18.2 Å². The highest BCUT2D eigenvalue weighted by atomic mass is 32.2. The van der Waals surface area contributed by atoms with Gasteiger partial charge in [-0.2, -0.15) is 10.5 Å². The van der Waals surface area contributed by atoms with E-state index in [1.807, 2.05) is 13.0 Å². The number of anilines is 1. The van der Waals surface area contributed by atoms with E-state index in [4.69, 9.17) is 5.26 Å². The lowest BCUT2D eigenvalue weighted by atomic mass is 10.1. The number of aromatic nitrogens is 1. The number of allylic oxidation sites excluding steroid dienone is 5. The first-order chi connectivity index (χ1) is 12.0. The van der Waals surface area contributed by atoms with Crippen molar-refractivity contribution in [2.75, 3.05) is 4.72 Å². The zero-order valence-electron chi connectivity index (χ0n) is 13.4. The van der Waals surface area contributed by atoms with Crippen LogP contribution in [0.25, 0.3) is 10.9 Å². The fraction of sp³-hybridized carbons (Fsp3) is 0.111. The third-order valence-electron chi connectivity index (χ3n) is 3.94. The van der Waals surface area contributed by atoms with Gasteiger partial charge in [-0.3, -0.25) is 4.72 Å². The van der Waals surface area contributed by atoms with E-state index in [2.05, 4.69) is 15.8 Å². The SMILES string of the molecule is Cc1ccc(NS(=O)(=O)C2=CCC(C#N)=CC=C2)c2[nH]cc(C#N)c12. The molecule has 0 atom stereocenters. The molecule has 0 aliphatic heterocycles. The van der Waals surface area contributed by atoms with Crippen LogP contribution in [0, 0.1) is 29.6 Å². The molecule has 0 saturated carbocycles. The molecule has 7 heteroatoms. The first-order valence-electron chi connectivity index (χ1n) is 7.47. The number of hydrogen-bond donors (Lipinski definition) is 2. The van der Waals surface area contributed by atoms with E-state index in [0.717, 1.165) is 5.56 Å². The number of nitrogens with zero attached hydrogens (tertiary/aromatic N) is 2. The molecule has 0 amide bonds. The second kappa shape index (κ2) is 6.31. The quantitative estimate of drug-likeness (QED) is 0.884. The maximum absolute atomic E-state index is 12.7. The summed E-state index contributed by atoms with van der Waals surface area (Å²) in [5, 5.41) is 18.8. The van der Waals surface area contributed by atoms with Gasteiger partial charge in [0.25, 0.3) is 10.0 Å². The van der Waals surface area contributed by atoms with Crippen LogP contribution in [-0.4, -0.2) is 13.4 Å². The van der Waals surface area contributed by atoms with Gasteiger partial charge < -0.3 is 4.98 Å². The highest BCUT2D eigenvalue weighted by Gasteiger charge is 2.19. The average Bonchev–Trinajstić information content (AvgIpc) is 2.88. The average molecular weight is 350 g/mol. The van der Waals surface area contributed by atoms with E-state index in [9.17, 15) is 13.7 Å². The Morgan fingerprint density at radius 2 is 2.04 bits per heavy atom. The molecule has 1 aromatic carbocycles. The molecule has 124 valence electrons. The van der Waals surface area contributed by atoms with Crippen LogP contribution in [0.3, 0.4) is 0 Å². The largest absolute Gasteiger partial charge is 0.358 e. The maximum atomic E-state index is 12.7. The van der Waals surface area contributed by atoms with E-state index in [-0.39, 0.29) is 11.3 Å². The summed E-state index contributed by atoms with van der Waals surface area (Å²) in [4.78, 5) is 3.05. The van der Waals surface area contributed by atoms with E-state index in [1.165, 1.54) is 12.2 Å². The van der Waals surface area contributed by atoms with Gasteiger partial charge >= 0.3 is 0 Å². The zero-order valence-corrected chi connectivity index (χ0v) is 14.2. The second-order valence-electron chi connectivity index (χ2n) is 5.57. The van der Waals surface area contributed by atoms with Gasteiger partial charge in [0.05, 0.1) is 27.7 Å². The summed E-state index contributed by atoms with van der Waals surface area (Å²) in [6, 6.07) is 7.54. The van der Waals surface area contributed by atoms with Crippen molar-refractivity contribution in [2.45, 2.75) is 13.3 Å². The van der Waals surface area contributed by atoms with Crippen molar-refractivity contribution < 1.29 is 8.42 Å². The van der Waals surface area contributed by atoms with E-state index < -0.39 is 10.0 Å². The van der Waals surface area contributed by atoms with Gasteiger partial charge in [-0.25, -0.2) is 8.42 Å². The number of fused-ring (bicyclic) bond motifs is 1. The molecule has 2 aromatic rings. The normalized spacial score (nSPS) is 14.2. The number of sulfonamides is 1. The monoisotopic (exact) mass is 350 g/mol. The molecule has 0 unspecified atom stereocenters. The van der Waals surface area contributed by atoms with Gasteiger partial charge in [0.1, 0.15) is 6.07 Å². The Morgan fingerprint density at radius 1 is 1.24 bits per heavy atom. The summed E-state index contributed by atoms with van der Waals surface area (Å²) in [5.41, 5.74) is 2.77. The number of aryl methyl sites for hydroxylation is 1. The summed E-state index contributed by atoms with van der Waals surface area (Å²) < 4.78 is 27.9. The van der Waals surface area contributed by atoms with Crippen molar-refractivity contribution in [1.82, 2.24) is 4.98 Å². The van der Waals surface area contributed by atoms with E-state index >= 15 is 0 Å². The lowest BCUT2D eigenvalue weighted by Gasteiger charge is -2.11. The summed E-state index contributed by atoms with van der Waals surface area (Å²) in [6.07, 6.45) is 7.90. The minimum absolute atomic E-state index is 0.0924. The molecule has 1 aliphatic carbocycles. The Hall–Kier alpha value is -3.29.